The Morgan fingerprint density at radius 2 is 1.84 bits per heavy atom. The topological polar surface area (TPSA) is 0 Å². The number of unbranched alkanes of at least 4 members (excludes halogenated alkanes) is 1. The molecule has 1 saturated carbocycles. The number of benzene rings is 1. The summed E-state index contributed by atoms with van der Waals surface area (Å²) in [6.07, 6.45) is 17.7. The Labute approximate surface area is 151 Å². The molecule has 0 bridgehead atoms. The van der Waals surface area contributed by atoms with Crippen LogP contribution in [0.25, 0.3) is 5.57 Å². The molecular weight excluding hydrogens is 314 g/mol. The lowest BCUT2D eigenvalue weighted by Crippen LogP contribution is -2.22. The Hall–Kier alpha value is -1.44. The summed E-state index contributed by atoms with van der Waals surface area (Å²) in [5, 5.41) is 0. The largest absolute Gasteiger partial charge is 0.204 e. The maximum absolute atomic E-state index is 14.0. The second-order valence-corrected chi connectivity index (χ2v) is 7.76. The molecule has 1 unspecified atom stereocenters. The van der Waals surface area contributed by atoms with Crippen molar-refractivity contribution in [2.45, 2.75) is 64.7 Å². The van der Waals surface area contributed by atoms with Gasteiger partial charge in [0.1, 0.15) is 0 Å². The molecule has 0 N–H and O–H groups in total. The summed E-state index contributed by atoms with van der Waals surface area (Å²) in [5.41, 5.74) is 1.45. The molecule has 0 radical (unpaired) electrons. The van der Waals surface area contributed by atoms with Crippen LogP contribution < -0.4 is 0 Å². The van der Waals surface area contributed by atoms with E-state index in [9.17, 15) is 8.78 Å². The van der Waals surface area contributed by atoms with Crippen LogP contribution in [0.15, 0.2) is 36.4 Å². The van der Waals surface area contributed by atoms with Gasteiger partial charge >= 0.3 is 0 Å². The number of halogens is 2. The Morgan fingerprint density at radius 3 is 2.52 bits per heavy atom. The van der Waals surface area contributed by atoms with E-state index >= 15 is 0 Å². The van der Waals surface area contributed by atoms with E-state index in [-0.39, 0.29) is 0 Å². The third-order valence-electron chi connectivity index (χ3n) is 6.10. The zero-order valence-electron chi connectivity index (χ0n) is 15.3. The Balaban J connectivity index is 1.54. The Kier molecular flexibility index (Phi) is 6.45. The summed E-state index contributed by atoms with van der Waals surface area (Å²) in [4.78, 5) is 0. The van der Waals surface area contributed by atoms with Gasteiger partial charge in [0, 0.05) is 5.56 Å². The number of hydrogen-bond acceptors (Lipinski definition) is 0. The average molecular weight is 344 g/mol. The molecule has 0 spiro atoms. The molecule has 136 valence electrons. The predicted octanol–water partition coefficient (Wildman–Crippen LogP) is 7.31. The van der Waals surface area contributed by atoms with Crippen molar-refractivity contribution in [2.75, 3.05) is 0 Å². The molecule has 2 aliphatic carbocycles. The summed E-state index contributed by atoms with van der Waals surface area (Å²) in [6.45, 7) is 2.22. The van der Waals surface area contributed by atoms with Crippen molar-refractivity contribution in [1.29, 1.82) is 0 Å². The highest BCUT2D eigenvalue weighted by Gasteiger charge is 2.28. The highest BCUT2D eigenvalue weighted by molar-refractivity contribution is 5.66. The summed E-state index contributed by atoms with van der Waals surface area (Å²) in [7, 11) is 0. The minimum Gasteiger partial charge on any atom is -0.204 e. The second-order valence-electron chi connectivity index (χ2n) is 7.76. The van der Waals surface area contributed by atoms with Crippen molar-refractivity contribution in [2.24, 2.45) is 17.8 Å². The molecule has 0 aliphatic heterocycles. The van der Waals surface area contributed by atoms with Gasteiger partial charge in [-0.2, -0.15) is 0 Å². The van der Waals surface area contributed by atoms with E-state index in [0.29, 0.717) is 5.56 Å². The molecule has 1 atom stereocenters. The normalized spacial score (nSPS) is 27.5. The van der Waals surface area contributed by atoms with Gasteiger partial charge in [-0.15, -0.1) is 0 Å². The third kappa shape index (κ3) is 4.59. The van der Waals surface area contributed by atoms with Gasteiger partial charge in [0.25, 0.3) is 0 Å². The summed E-state index contributed by atoms with van der Waals surface area (Å²) in [6, 6.07) is 4.50. The molecular formula is C23H30F2. The van der Waals surface area contributed by atoms with Crippen molar-refractivity contribution in [3.8, 4) is 0 Å². The van der Waals surface area contributed by atoms with Gasteiger partial charge in [-0.05, 0) is 80.8 Å². The standard InChI is InChI=1S/C23H30F2/c1-2-3-4-6-17-9-11-18(12-10-17)19-13-15-20(16-14-19)21-7-5-8-22(24)23(21)25/h4-8,15,17-19H,2-3,9-14,16H2,1H3/b6-4+. The van der Waals surface area contributed by atoms with Crippen molar-refractivity contribution in [1.82, 2.24) is 0 Å². The molecule has 1 fully saturated rings. The molecule has 25 heavy (non-hydrogen) atoms. The van der Waals surface area contributed by atoms with E-state index in [1.165, 1.54) is 44.6 Å². The van der Waals surface area contributed by atoms with E-state index in [4.69, 9.17) is 0 Å². The lowest BCUT2D eigenvalue weighted by Gasteiger charge is -2.35. The van der Waals surface area contributed by atoms with Crippen LogP contribution >= 0.6 is 0 Å². The fraction of sp³-hybridized carbons (Fsp3) is 0.565. The first-order valence-electron chi connectivity index (χ1n) is 9.99. The molecule has 2 heteroatoms. The van der Waals surface area contributed by atoms with Crippen LogP contribution in [0.3, 0.4) is 0 Å². The lowest BCUT2D eigenvalue weighted by atomic mass is 9.71. The predicted molar refractivity (Wildman–Crippen MR) is 101 cm³/mol. The van der Waals surface area contributed by atoms with E-state index in [1.54, 1.807) is 12.1 Å². The minimum atomic E-state index is -0.741. The second kappa shape index (κ2) is 8.78. The maximum Gasteiger partial charge on any atom is 0.166 e. The quantitative estimate of drug-likeness (QED) is 0.491. The van der Waals surface area contributed by atoms with Gasteiger partial charge < -0.3 is 0 Å². The van der Waals surface area contributed by atoms with Gasteiger partial charge in [0.05, 0.1) is 0 Å². The molecule has 0 aromatic heterocycles. The van der Waals surface area contributed by atoms with Crippen LogP contribution in [0, 0.1) is 29.4 Å². The molecule has 2 aliphatic rings. The van der Waals surface area contributed by atoms with Crippen LogP contribution in [0.4, 0.5) is 8.78 Å². The first-order valence-corrected chi connectivity index (χ1v) is 9.99. The molecule has 3 rings (SSSR count). The van der Waals surface area contributed by atoms with Crippen LogP contribution in [-0.2, 0) is 0 Å². The van der Waals surface area contributed by atoms with Crippen LogP contribution in [0.5, 0.6) is 0 Å². The van der Waals surface area contributed by atoms with Gasteiger partial charge in [0.2, 0.25) is 0 Å². The molecule has 1 aromatic rings. The van der Waals surface area contributed by atoms with Crippen molar-refractivity contribution < 1.29 is 8.78 Å². The van der Waals surface area contributed by atoms with Crippen molar-refractivity contribution >= 4 is 5.57 Å². The zero-order chi connectivity index (χ0) is 17.6. The average Bonchev–Trinajstić information content (AvgIpc) is 2.65. The minimum absolute atomic E-state index is 0.461. The summed E-state index contributed by atoms with van der Waals surface area (Å²) >= 11 is 0. The van der Waals surface area contributed by atoms with E-state index in [1.807, 2.05) is 0 Å². The molecule has 1 aromatic carbocycles. The third-order valence-corrected chi connectivity index (χ3v) is 6.10. The van der Waals surface area contributed by atoms with Crippen molar-refractivity contribution in [3.05, 3.63) is 53.6 Å². The highest BCUT2D eigenvalue weighted by atomic mass is 19.2. The first-order chi connectivity index (χ1) is 12.2. The first kappa shape index (κ1) is 18.4. The fourth-order valence-electron chi connectivity index (χ4n) is 4.54. The molecule has 0 saturated heterocycles. The van der Waals surface area contributed by atoms with Crippen LogP contribution in [0.1, 0.15) is 70.3 Å². The number of allylic oxidation sites excluding steroid dienone is 4. The van der Waals surface area contributed by atoms with Gasteiger partial charge in [0.15, 0.2) is 11.6 Å². The molecule has 0 heterocycles. The summed E-state index contributed by atoms with van der Waals surface area (Å²) < 4.78 is 27.4. The van der Waals surface area contributed by atoms with Crippen LogP contribution in [0.2, 0.25) is 0 Å². The van der Waals surface area contributed by atoms with E-state index in [0.717, 1.165) is 42.6 Å². The molecule has 0 nitrogen and oxygen atoms in total. The smallest absolute Gasteiger partial charge is 0.166 e. The Bertz CT molecular complexity index is 621. The van der Waals surface area contributed by atoms with Gasteiger partial charge in [-0.25, -0.2) is 8.78 Å². The SMILES string of the molecule is CCC/C=C/C1CCC(C2CC=C(c3cccc(F)c3F)CC2)CC1. The van der Waals surface area contributed by atoms with Crippen molar-refractivity contribution in [3.63, 3.8) is 0 Å². The van der Waals surface area contributed by atoms with Gasteiger partial charge in [-0.3, -0.25) is 0 Å². The highest BCUT2D eigenvalue weighted by Crippen LogP contribution is 2.41. The van der Waals surface area contributed by atoms with E-state index < -0.39 is 11.6 Å². The number of hydrogen-bond donors (Lipinski definition) is 0. The molecule has 0 amide bonds. The lowest BCUT2D eigenvalue weighted by molar-refractivity contribution is 0.212. The Morgan fingerprint density at radius 1 is 1.04 bits per heavy atom. The fourth-order valence-corrected chi connectivity index (χ4v) is 4.54. The van der Waals surface area contributed by atoms with Crippen LogP contribution in [-0.4, -0.2) is 0 Å². The van der Waals surface area contributed by atoms with E-state index in [2.05, 4.69) is 25.2 Å². The monoisotopic (exact) mass is 344 g/mol. The summed E-state index contributed by atoms with van der Waals surface area (Å²) in [5.74, 6) is 0.882. The van der Waals surface area contributed by atoms with Gasteiger partial charge in [-0.1, -0.05) is 43.7 Å². The maximum atomic E-state index is 14.0. The number of rotatable bonds is 5. The zero-order valence-corrected chi connectivity index (χ0v) is 15.3.